The molecule has 4 nitrogen and oxygen atoms in total. The lowest BCUT2D eigenvalue weighted by Crippen LogP contribution is -2.18. The van der Waals surface area contributed by atoms with Gasteiger partial charge in [-0.15, -0.1) is 0 Å². The largest absolute Gasteiger partial charge is 0.460 e. The van der Waals surface area contributed by atoms with Crippen LogP contribution in [0.5, 0.6) is 0 Å². The van der Waals surface area contributed by atoms with Crippen LogP contribution in [0.25, 0.3) is 0 Å². The van der Waals surface area contributed by atoms with Gasteiger partial charge in [0.1, 0.15) is 6.61 Å². The summed E-state index contributed by atoms with van der Waals surface area (Å²) in [6.07, 6.45) is 0. The van der Waals surface area contributed by atoms with Gasteiger partial charge < -0.3 is 14.2 Å². The van der Waals surface area contributed by atoms with Crippen molar-refractivity contribution in [1.29, 1.82) is 0 Å². The molecule has 1 rings (SSSR count). The molecular formula is C15H22O4. The Labute approximate surface area is 114 Å². The molecule has 0 saturated heterocycles. The molecule has 0 amide bonds. The van der Waals surface area contributed by atoms with Gasteiger partial charge in [0.2, 0.25) is 0 Å². The first-order valence-corrected chi connectivity index (χ1v) is 6.31. The van der Waals surface area contributed by atoms with Gasteiger partial charge >= 0.3 is 5.97 Å². The highest BCUT2D eigenvalue weighted by Gasteiger charge is 2.11. The molecule has 0 aromatic heterocycles. The Hall–Kier alpha value is -1.39. The van der Waals surface area contributed by atoms with Crippen molar-refractivity contribution in [2.75, 3.05) is 20.3 Å². The number of carbonyl (C=O) groups is 1. The number of hydrogen-bond donors (Lipinski definition) is 0. The van der Waals surface area contributed by atoms with Gasteiger partial charge in [-0.05, 0) is 38.5 Å². The highest BCUT2D eigenvalue weighted by atomic mass is 16.6. The lowest BCUT2D eigenvalue weighted by atomic mass is 10.1. The van der Waals surface area contributed by atoms with Gasteiger partial charge in [0.15, 0.2) is 0 Å². The van der Waals surface area contributed by atoms with E-state index in [0.29, 0.717) is 18.8 Å². The molecule has 0 fully saturated rings. The molecule has 1 aromatic carbocycles. The first-order valence-electron chi connectivity index (χ1n) is 6.31. The van der Waals surface area contributed by atoms with E-state index in [4.69, 9.17) is 14.2 Å². The predicted molar refractivity (Wildman–Crippen MR) is 73.1 cm³/mol. The number of hydrogen-bond acceptors (Lipinski definition) is 4. The van der Waals surface area contributed by atoms with Crippen LogP contribution in [0.4, 0.5) is 0 Å². The Bertz CT molecular complexity index is 390. The lowest BCUT2D eigenvalue weighted by molar-refractivity contribution is -0.0149. The van der Waals surface area contributed by atoms with E-state index in [-0.39, 0.29) is 18.2 Å². The summed E-state index contributed by atoms with van der Waals surface area (Å²) in [5.41, 5.74) is 1.40. The van der Waals surface area contributed by atoms with Crippen molar-refractivity contribution in [2.24, 2.45) is 0 Å². The van der Waals surface area contributed by atoms with Crippen molar-refractivity contribution in [3.8, 4) is 0 Å². The SMILES string of the molecule is COCCOC(=O)c1ccc(COC(C)(C)C)cc1. The quantitative estimate of drug-likeness (QED) is 0.586. The van der Waals surface area contributed by atoms with Crippen molar-refractivity contribution in [1.82, 2.24) is 0 Å². The molecule has 4 heteroatoms. The monoisotopic (exact) mass is 266 g/mol. The van der Waals surface area contributed by atoms with Crippen LogP contribution in [-0.2, 0) is 20.8 Å². The maximum atomic E-state index is 11.6. The molecule has 0 spiro atoms. The fraction of sp³-hybridized carbons (Fsp3) is 0.533. The third-order valence-electron chi connectivity index (χ3n) is 2.38. The van der Waals surface area contributed by atoms with Crippen molar-refractivity contribution in [2.45, 2.75) is 33.0 Å². The second-order valence-corrected chi connectivity index (χ2v) is 5.23. The maximum absolute atomic E-state index is 11.6. The van der Waals surface area contributed by atoms with Crippen LogP contribution in [0.2, 0.25) is 0 Å². The summed E-state index contributed by atoms with van der Waals surface area (Å²) in [5, 5.41) is 0. The molecule has 0 atom stereocenters. The Kier molecular flexibility index (Phi) is 5.99. The molecule has 0 radical (unpaired) electrons. The molecule has 0 saturated carbocycles. The standard InChI is InChI=1S/C15H22O4/c1-15(2,3)19-11-12-5-7-13(8-6-12)14(16)18-10-9-17-4/h5-8H,9-11H2,1-4H3. The molecule has 19 heavy (non-hydrogen) atoms. The van der Waals surface area contributed by atoms with Crippen molar-refractivity contribution in [3.05, 3.63) is 35.4 Å². The molecule has 1 aromatic rings. The topological polar surface area (TPSA) is 44.8 Å². The molecular weight excluding hydrogens is 244 g/mol. The second kappa shape index (κ2) is 7.26. The normalized spacial score (nSPS) is 11.4. The first-order chi connectivity index (χ1) is 8.92. The molecule has 0 bridgehead atoms. The summed E-state index contributed by atoms with van der Waals surface area (Å²) in [6, 6.07) is 7.24. The summed E-state index contributed by atoms with van der Waals surface area (Å²) < 4.78 is 15.5. The van der Waals surface area contributed by atoms with Gasteiger partial charge in [0.05, 0.1) is 24.4 Å². The van der Waals surface area contributed by atoms with Crippen molar-refractivity contribution >= 4 is 5.97 Å². The lowest BCUT2D eigenvalue weighted by Gasteiger charge is -2.19. The van der Waals surface area contributed by atoms with Crippen LogP contribution < -0.4 is 0 Å². The van der Waals surface area contributed by atoms with Crippen LogP contribution >= 0.6 is 0 Å². The zero-order valence-corrected chi connectivity index (χ0v) is 12.1. The van der Waals surface area contributed by atoms with Crippen molar-refractivity contribution < 1.29 is 19.0 Å². The van der Waals surface area contributed by atoms with Crippen LogP contribution in [0.15, 0.2) is 24.3 Å². The Morgan fingerprint density at radius 1 is 1.11 bits per heavy atom. The molecule has 0 aliphatic rings. The molecule has 0 aliphatic heterocycles. The minimum Gasteiger partial charge on any atom is -0.460 e. The van der Waals surface area contributed by atoms with Crippen LogP contribution in [-0.4, -0.2) is 31.9 Å². The van der Waals surface area contributed by atoms with Gasteiger partial charge in [0.25, 0.3) is 0 Å². The van der Waals surface area contributed by atoms with E-state index >= 15 is 0 Å². The molecule has 106 valence electrons. The van der Waals surface area contributed by atoms with E-state index in [1.54, 1.807) is 19.2 Å². The van der Waals surface area contributed by atoms with E-state index in [1.807, 2.05) is 32.9 Å². The Morgan fingerprint density at radius 3 is 2.26 bits per heavy atom. The van der Waals surface area contributed by atoms with E-state index in [9.17, 15) is 4.79 Å². The predicted octanol–water partition coefficient (Wildman–Crippen LogP) is 2.80. The number of carbonyl (C=O) groups excluding carboxylic acids is 1. The Morgan fingerprint density at radius 2 is 1.74 bits per heavy atom. The van der Waals surface area contributed by atoms with Crippen LogP contribution in [0, 0.1) is 0 Å². The number of benzene rings is 1. The van der Waals surface area contributed by atoms with Crippen molar-refractivity contribution in [3.63, 3.8) is 0 Å². The van der Waals surface area contributed by atoms with Gasteiger partial charge in [-0.3, -0.25) is 0 Å². The molecule has 0 unspecified atom stereocenters. The minimum atomic E-state index is -0.333. The van der Waals surface area contributed by atoms with Gasteiger partial charge in [0, 0.05) is 7.11 Å². The van der Waals surface area contributed by atoms with E-state index in [2.05, 4.69) is 0 Å². The van der Waals surface area contributed by atoms with E-state index in [1.165, 1.54) is 0 Å². The number of esters is 1. The molecule has 0 aliphatic carbocycles. The number of rotatable bonds is 6. The van der Waals surface area contributed by atoms with E-state index < -0.39 is 0 Å². The minimum absolute atomic E-state index is 0.169. The number of ether oxygens (including phenoxy) is 3. The summed E-state index contributed by atoms with van der Waals surface area (Å²) in [5.74, 6) is -0.333. The zero-order chi connectivity index (χ0) is 14.3. The highest BCUT2D eigenvalue weighted by Crippen LogP contribution is 2.13. The smallest absolute Gasteiger partial charge is 0.338 e. The summed E-state index contributed by atoms with van der Waals surface area (Å²) in [6.45, 7) is 7.23. The summed E-state index contributed by atoms with van der Waals surface area (Å²) in [7, 11) is 1.57. The molecule has 0 heterocycles. The van der Waals surface area contributed by atoms with Gasteiger partial charge in [-0.1, -0.05) is 12.1 Å². The van der Waals surface area contributed by atoms with Gasteiger partial charge in [-0.2, -0.15) is 0 Å². The van der Waals surface area contributed by atoms with Crippen LogP contribution in [0.3, 0.4) is 0 Å². The fourth-order valence-electron chi connectivity index (χ4n) is 1.34. The zero-order valence-electron chi connectivity index (χ0n) is 12.1. The summed E-state index contributed by atoms with van der Waals surface area (Å²) >= 11 is 0. The average molecular weight is 266 g/mol. The third kappa shape index (κ3) is 6.36. The van der Waals surface area contributed by atoms with Crippen LogP contribution in [0.1, 0.15) is 36.7 Å². The van der Waals surface area contributed by atoms with Gasteiger partial charge in [-0.25, -0.2) is 4.79 Å². The molecule has 0 N–H and O–H groups in total. The second-order valence-electron chi connectivity index (χ2n) is 5.23. The average Bonchev–Trinajstić information content (AvgIpc) is 2.36. The third-order valence-corrected chi connectivity index (χ3v) is 2.38. The summed E-state index contributed by atoms with van der Waals surface area (Å²) in [4.78, 5) is 11.6. The highest BCUT2D eigenvalue weighted by molar-refractivity contribution is 5.89. The fourth-order valence-corrected chi connectivity index (χ4v) is 1.34. The van der Waals surface area contributed by atoms with E-state index in [0.717, 1.165) is 5.56 Å². The number of methoxy groups -OCH3 is 1. The first kappa shape index (κ1) is 15.7. The maximum Gasteiger partial charge on any atom is 0.338 e. The Balaban J connectivity index is 2.49.